The number of rotatable bonds is 4. The molecule has 0 saturated carbocycles. The van der Waals surface area contributed by atoms with Crippen LogP contribution in [0.25, 0.3) is 11.3 Å². The number of nitrogens with zero attached hydrogens (tertiary/aromatic N) is 2. The zero-order valence-corrected chi connectivity index (χ0v) is 11.6. The van der Waals surface area contributed by atoms with E-state index < -0.39 is 0 Å². The molecule has 0 radical (unpaired) electrons. The van der Waals surface area contributed by atoms with Gasteiger partial charge in [-0.15, -0.1) is 5.10 Å². The van der Waals surface area contributed by atoms with Crippen molar-refractivity contribution < 1.29 is 14.3 Å². The van der Waals surface area contributed by atoms with Crippen molar-refractivity contribution in [2.24, 2.45) is 0 Å². The highest BCUT2D eigenvalue weighted by Crippen LogP contribution is 2.24. The summed E-state index contributed by atoms with van der Waals surface area (Å²) in [6, 6.07) is 9.51. The van der Waals surface area contributed by atoms with Crippen molar-refractivity contribution in [2.75, 3.05) is 13.2 Å². The van der Waals surface area contributed by atoms with Gasteiger partial charge in [0, 0.05) is 12.2 Å². The molecule has 5 nitrogen and oxygen atoms in total. The molecule has 1 fully saturated rings. The van der Waals surface area contributed by atoms with Crippen molar-refractivity contribution in [3.63, 3.8) is 0 Å². The number of ether oxygens (including phenoxy) is 2. The van der Waals surface area contributed by atoms with Gasteiger partial charge in [-0.3, -0.25) is 0 Å². The summed E-state index contributed by atoms with van der Waals surface area (Å²) < 4.78 is 14.6. The van der Waals surface area contributed by atoms with Gasteiger partial charge in [0.15, 0.2) is 4.88 Å². The number of aromatic nitrogens is 2. The van der Waals surface area contributed by atoms with Crippen LogP contribution in [0.1, 0.15) is 22.5 Å². The quantitative estimate of drug-likeness (QED) is 0.810. The van der Waals surface area contributed by atoms with Gasteiger partial charge in [0.05, 0.1) is 6.10 Å². The molecule has 104 valence electrons. The van der Waals surface area contributed by atoms with Gasteiger partial charge in [-0.25, -0.2) is 4.79 Å². The van der Waals surface area contributed by atoms with E-state index in [0.717, 1.165) is 36.5 Å². The van der Waals surface area contributed by atoms with Crippen LogP contribution < -0.4 is 0 Å². The van der Waals surface area contributed by atoms with Crippen LogP contribution in [-0.2, 0) is 9.47 Å². The average Bonchev–Trinajstić information content (AvgIpc) is 3.17. The van der Waals surface area contributed by atoms with Crippen LogP contribution >= 0.6 is 11.5 Å². The summed E-state index contributed by atoms with van der Waals surface area (Å²) in [6.07, 6.45) is 2.00. The molecule has 0 amide bonds. The van der Waals surface area contributed by atoms with Gasteiger partial charge in [0.1, 0.15) is 12.3 Å². The number of esters is 1. The number of carbonyl (C=O) groups excluding carboxylic acids is 1. The van der Waals surface area contributed by atoms with Gasteiger partial charge in [-0.05, 0) is 24.4 Å². The summed E-state index contributed by atoms with van der Waals surface area (Å²) in [4.78, 5) is 12.5. The van der Waals surface area contributed by atoms with E-state index in [2.05, 4.69) is 9.59 Å². The highest BCUT2D eigenvalue weighted by Gasteiger charge is 2.22. The Morgan fingerprint density at radius 1 is 1.40 bits per heavy atom. The zero-order chi connectivity index (χ0) is 13.8. The van der Waals surface area contributed by atoms with Gasteiger partial charge < -0.3 is 9.47 Å². The molecule has 2 heterocycles. The second-order valence-corrected chi connectivity index (χ2v) is 5.30. The molecular weight excluding hydrogens is 276 g/mol. The van der Waals surface area contributed by atoms with Crippen LogP contribution in [0, 0.1) is 0 Å². The molecule has 1 atom stereocenters. The summed E-state index contributed by atoms with van der Waals surface area (Å²) in [6.45, 7) is 1.05. The molecule has 1 aliphatic rings. The fraction of sp³-hybridized carbons (Fsp3) is 0.357. The molecule has 0 spiro atoms. The minimum Gasteiger partial charge on any atom is -0.459 e. The Morgan fingerprint density at radius 3 is 3.00 bits per heavy atom. The molecular formula is C14H14N2O3S. The Morgan fingerprint density at radius 2 is 2.25 bits per heavy atom. The van der Waals surface area contributed by atoms with E-state index >= 15 is 0 Å². The lowest BCUT2D eigenvalue weighted by molar-refractivity contribution is 0.0166. The fourth-order valence-corrected chi connectivity index (χ4v) is 2.70. The first-order chi connectivity index (χ1) is 9.84. The first-order valence-corrected chi connectivity index (χ1v) is 7.28. The van der Waals surface area contributed by atoms with Crippen molar-refractivity contribution in [3.05, 3.63) is 35.2 Å². The van der Waals surface area contributed by atoms with E-state index in [9.17, 15) is 4.79 Å². The van der Waals surface area contributed by atoms with Crippen LogP contribution in [-0.4, -0.2) is 34.9 Å². The maximum Gasteiger partial charge on any atom is 0.352 e. The minimum absolute atomic E-state index is 0.0278. The normalized spacial score (nSPS) is 18.1. The van der Waals surface area contributed by atoms with E-state index in [1.165, 1.54) is 0 Å². The highest BCUT2D eigenvalue weighted by atomic mass is 32.1. The van der Waals surface area contributed by atoms with E-state index in [0.29, 0.717) is 17.2 Å². The molecule has 20 heavy (non-hydrogen) atoms. The standard InChI is InChI=1S/C14H14N2O3S/c17-14(19-9-11-7-4-8-18-11)13-12(15-16-20-13)10-5-2-1-3-6-10/h1-3,5-6,11H,4,7-9H2/t11-/m0/s1. The van der Waals surface area contributed by atoms with E-state index in [-0.39, 0.29) is 12.1 Å². The Balaban J connectivity index is 1.70. The van der Waals surface area contributed by atoms with Crippen molar-refractivity contribution in [1.29, 1.82) is 0 Å². The Hall–Kier alpha value is -1.79. The molecule has 2 aromatic rings. The molecule has 6 heteroatoms. The average molecular weight is 290 g/mol. The number of carbonyl (C=O) groups is 1. The van der Waals surface area contributed by atoms with Crippen LogP contribution in [0.2, 0.25) is 0 Å². The van der Waals surface area contributed by atoms with E-state index in [1.807, 2.05) is 30.3 Å². The lowest BCUT2D eigenvalue weighted by Gasteiger charge is -2.09. The first-order valence-electron chi connectivity index (χ1n) is 6.51. The third-order valence-electron chi connectivity index (χ3n) is 3.14. The second kappa shape index (κ2) is 6.11. The molecule has 0 N–H and O–H groups in total. The molecule has 0 bridgehead atoms. The largest absolute Gasteiger partial charge is 0.459 e. The van der Waals surface area contributed by atoms with Gasteiger partial charge in [-0.1, -0.05) is 34.8 Å². The minimum atomic E-state index is -0.380. The topological polar surface area (TPSA) is 61.3 Å². The van der Waals surface area contributed by atoms with Crippen molar-refractivity contribution in [2.45, 2.75) is 18.9 Å². The van der Waals surface area contributed by atoms with E-state index in [1.54, 1.807) is 0 Å². The zero-order valence-electron chi connectivity index (χ0n) is 10.8. The fourth-order valence-electron chi connectivity index (χ4n) is 2.12. The van der Waals surface area contributed by atoms with Crippen molar-refractivity contribution >= 4 is 17.5 Å². The second-order valence-electron chi connectivity index (χ2n) is 4.55. The number of hydrogen-bond acceptors (Lipinski definition) is 6. The lowest BCUT2D eigenvalue weighted by Crippen LogP contribution is -2.17. The SMILES string of the molecule is O=C(OC[C@@H]1CCCO1)c1snnc1-c1ccccc1. The Labute approximate surface area is 120 Å². The van der Waals surface area contributed by atoms with Gasteiger partial charge in [0.25, 0.3) is 0 Å². The maximum absolute atomic E-state index is 12.1. The third-order valence-corrected chi connectivity index (χ3v) is 3.85. The predicted molar refractivity (Wildman–Crippen MR) is 74.6 cm³/mol. The van der Waals surface area contributed by atoms with Crippen LogP contribution in [0.4, 0.5) is 0 Å². The lowest BCUT2D eigenvalue weighted by atomic mass is 10.1. The molecule has 1 aromatic carbocycles. The van der Waals surface area contributed by atoms with Gasteiger partial charge >= 0.3 is 5.97 Å². The summed E-state index contributed by atoms with van der Waals surface area (Å²) in [5.41, 5.74) is 1.44. The van der Waals surface area contributed by atoms with Gasteiger partial charge in [-0.2, -0.15) is 0 Å². The maximum atomic E-state index is 12.1. The summed E-state index contributed by atoms with van der Waals surface area (Å²) in [7, 11) is 0. The van der Waals surface area contributed by atoms with Crippen molar-refractivity contribution in [3.8, 4) is 11.3 Å². The van der Waals surface area contributed by atoms with Crippen LogP contribution in [0.5, 0.6) is 0 Å². The van der Waals surface area contributed by atoms with Crippen LogP contribution in [0.3, 0.4) is 0 Å². The number of hydrogen-bond donors (Lipinski definition) is 0. The molecule has 1 aliphatic heterocycles. The van der Waals surface area contributed by atoms with E-state index in [4.69, 9.17) is 9.47 Å². The third kappa shape index (κ3) is 2.86. The highest BCUT2D eigenvalue weighted by molar-refractivity contribution is 7.08. The predicted octanol–water partition coefficient (Wildman–Crippen LogP) is 2.54. The Bertz CT molecular complexity index is 579. The Kier molecular flexibility index (Phi) is 4.03. The molecule has 1 aromatic heterocycles. The van der Waals surface area contributed by atoms with Crippen molar-refractivity contribution in [1.82, 2.24) is 9.59 Å². The smallest absolute Gasteiger partial charge is 0.352 e. The molecule has 0 unspecified atom stereocenters. The summed E-state index contributed by atoms with van der Waals surface area (Å²) in [5.74, 6) is -0.380. The number of benzene rings is 1. The summed E-state index contributed by atoms with van der Waals surface area (Å²) >= 11 is 1.06. The molecule has 1 saturated heterocycles. The molecule has 3 rings (SSSR count). The van der Waals surface area contributed by atoms with Crippen LogP contribution in [0.15, 0.2) is 30.3 Å². The monoisotopic (exact) mass is 290 g/mol. The first kappa shape index (κ1) is 13.2. The summed E-state index contributed by atoms with van der Waals surface area (Å²) in [5, 5.41) is 4.02. The molecule has 0 aliphatic carbocycles. The van der Waals surface area contributed by atoms with Gasteiger partial charge in [0.2, 0.25) is 0 Å².